The lowest BCUT2D eigenvalue weighted by molar-refractivity contribution is 0.235. The Bertz CT molecular complexity index is 212. The van der Waals surface area contributed by atoms with Crippen LogP contribution in [0.4, 0.5) is 0 Å². The molecule has 12 heavy (non-hydrogen) atoms. The Kier molecular flexibility index (Phi) is 1.84. The summed E-state index contributed by atoms with van der Waals surface area (Å²) >= 11 is 0. The van der Waals surface area contributed by atoms with Crippen LogP contribution >= 0.6 is 0 Å². The quantitative estimate of drug-likeness (QED) is 0.642. The van der Waals surface area contributed by atoms with Crippen LogP contribution in [0.15, 0.2) is 0 Å². The standard InChI is InChI=1S/C10H16N2/c11-7-9(12)8-2-1-3-10(6-8)4-5-10/h8-9H,1-6,12H2/t8-,9+/m0/s1. The minimum atomic E-state index is -0.206. The highest BCUT2D eigenvalue weighted by Crippen LogP contribution is 2.57. The molecule has 2 heteroatoms. The molecule has 2 saturated carbocycles. The summed E-state index contributed by atoms with van der Waals surface area (Å²) in [6, 6.07) is 1.97. The summed E-state index contributed by atoms with van der Waals surface area (Å²) in [5, 5.41) is 8.70. The van der Waals surface area contributed by atoms with Gasteiger partial charge >= 0.3 is 0 Å². The lowest BCUT2D eigenvalue weighted by Gasteiger charge is -2.30. The molecule has 2 fully saturated rings. The molecule has 66 valence electrons. The number of nitriles is 1. The molecule has 2 N–H and O–H groups in total. The fourth-order valence-electron chi connectivity index (χ4n) is 2.54. The number of nitrogens with two attached hydrogens (primary N) is 1. The molecule has 2 aliphatic rings. The van der Waals surface area contributed by atoms with Crippen molar-refractivity contribution in [2.24, 2.45) is 17.1 Å². The van der Waals surface area contributed by atoms with Crippen molar-refractivity contribution in [3.63, 3.8) is 0 Å². The molecule has 2 nitrogen and oxygen atoms in total. The molecule has 2 rings (SSSR count). The second-order valence-corrected chi connectivity index (χ2v) is 4.51. The average molecular weight is 164 g/mol. The maximum absolute atomic E-state index is 8.70. The molecule has 0 bridgehead atoms. The lowest BCUT2D eigenvalue weighted by atomic mass is 9.76. The normalized spacial score (nSPS) is 34.2. The third-order valence-electron chi connectivity index (χ3n) is 3.59. The smallest absolute Gasteiger partial charge is 0.0956 e. The van der Waals surface area contributed by atoms with Gasteiger partial charge in [-0.2, -0.15) is 5.26 Å². The molecule has 2 aliphatic carbocycles. The largest absolute Gasteiger partial charge is 0.316 e. The zero-order valence-corrected chi connectivity index (χ0v) is 7.42. The van der Waals surface area contributed by atoms with Crippen molar-refractivity contribution >= 4 is 0 Å². The van der Waals surface area contributed by atoms with E-state index in [9.17, 15) is 0 Å². The van der Waals surface area contributed by atoms with Gasteiger partial charge in [0.15, 0.2) is 0 Å². The molecular weight excluding hydrogens is 148 g/mol. The van der Waals surface area contributed by atoms with Gasteiger partial charge in [0.05, 0.1) is 12.1 Å². The second-order valence-electron chi connectivity index (χ2n) is 4.51. The molecular formula is C10H16N2. The van der Waals surface area contributed by atoms with Crippen LogP contribution in [0, 0.1) is 22.7 Å². The molecule has 0 aromatic rings. The van der Waals surface area contributed by atoms with E-state index in [1.54, 1.807) is 0 Å². The van der Waals surface area contributed by atoms with E-state index < -0.39 is 0 Å². The van der Waals surface area contributed by atoms with E-state index in [0.717, 1.165) is 0 Å². The first-order chi connectivity index (χ1) is 5.76. The molecule has 1 spiro atoms. The van der Waals surface area contributed by atoms with Crippen molar-refractivity contribution in [3.8, 4) is 6.07 Å². The van der Waals surface area contributed by atoms with E-state index in [-0.39, 0.29) is 6.04 Å². The van der Waals surface area contributed by atoms with Crippen molar-refractivity contribution in [2.45, 2.75) is 44.6 Å². The average Bonchev–Trinajstić information content (AvgIpc) is 2.84. The topological polar surface area (TPSA) is 49.8 Å². The van der Waals surface area contributed by atoms with Crippen LogP contribution in [0.1, 0.15) is 38.5 Å². The van der Waals surface area contributed by atoms with Gasteiger partial charge in [0.1, 0.15) is 0 Å². The molecule has 0 saturated heterocycles. The fourth-order valence-corrected chi connectivity index (χ4v) is 2.54. The molecule has 0 radical (unpaired) electrons. The summed E-state index contributed by atoms with van der Waals surface area (Å²) in [6.45, 7) is 0. The molecule has 0 aromatic heterocycles. The maximum atomic E-state index is 8.70. The van der Waals surface area contributed by atoms with Crippen LogP contribution < -0.4 is 5.73 Å². The van der Waals surface area contributed by atoms with Gasteiger partial charge < -0.3 is 5.73 Å². The predicted octanol–water partition coefficient (Wildman–Crippen LogP) is 1.81. The van der Waals surface area contributed by atoms with E-state index >= 15 is 0 Å². The Morgan fingerprint density at radius 2 is 2.17 bits per heavy atom. The van der Waals surface area contributed by atoms with E-state index in [2.05, 4.69) is 6.07 Å². The lowest BCUT2D eigenvalue weighted by Crippen LogP contribution is -2.32. The van der Waals surface area contributed by atoms with Crippen LogP contribution in [0.3, 0.4) is 0 Å². The maximum Gasteiger partial charge on any atom is 0.0956 e. The van der Waals surface area contributed by atoms with E-state index in [0.29, 0.717) is 11.3 Å². The van der Waals surface area contributed by atoms with Gasteiger partial charge in [0.2, 0.25) is 0 Å². The highest BCUT2D eigenvalue weighted by atomic mass is 14.7. The second kappa shape index (κ2) is 2.74. The van der Waals surface area contributed by atoms with Gasteiger partial charge in [-0.05, 0) is 43.4 Å². The van der Waals surface area contributed by atoms with Crippen molar-refractivity contribution in [3.05, 3.63) is 0 Å². The van der Waals surface area contributed by atoms with E-state index in [1.165, 1.54) is 38.5 Å². The van der Waals surface area contributed by atoms with Crippen LogP contribution in [0.5, 0.6) is 0 Å². The number of nitrogens with zero attached hydrogens (tertiary/aromatic N) is 1. The summed E-state index contributed by atoms with van der Waals surface area (Å²) < 4.78 is 0. The third kappa shape index (κ3) is 1.34. The summed E-state index contributed by atoms with van der Waals surface area (Å²) in [5.41, 5.74) is 6.39. The third-order valence-corrected chi connectivity index (χ3v) is 3.59. The minimum Gasteiger partial charge on any atom is -0.316 e. The first-order valence-corrected chi connectivity index (χ1v) is 4.91. The number of hydrogen-bond donors (Lipinski definition) is 1. The van der Waals surface area contributed by atoms with Gasteiger partial charge in [-0.1, -0.05) is 6.42 Å². The zero-order valence-electron chi connectivity index (χ0n) is 7.42. The van der Waals surface area contributed by atoms with Crippen molar-refractivity contribution in [1.29, 1.82) is 5.26 Å². The van der Waals surface area contributed by atoms with Crippen LogP contribution in [-0.4, -0.2) is 6.04 Å². The zero-order chi connectivity index (χ0) is 8.60. The SMILES string of the molecule is N#C[C@@H](N)[C@H]1CCCC2(CC2)C1. The first kappa shape index (κ1) is 8.07. The van der Waals surface area contributed by atoms with Crippen LogP contribution in [0.25, 0.3) is 0 Å². The Morgan fingerprint density at radius 1 is 1.42 bits per heavy atom. The molecule has 0 aliphatic heterocycles. The fraction of sp³-hybridized carbons (Fsp3) is 0.900. The molecule has 0 aromatic carbocycles. The molecule has 0 unspecified atom stereocenters. The summed E-state index contributed by atoms with van der Waals surface area (Å²) in [7, 11) is 0. The number of hydrogen-bond acceptors (Lipinski definition) is 2. The Hall–Kier alpha value is -0.550. The van der Waals surface area contributed by atoms with Gasteiger partial charge in [-0.15, -0.1) is 0 Å². The summed E-state index contributed by atoms with van der Waals surface area (Å²) in [6.07, 6.45) is 7.86. The van der Waals surface area contributed by atoms with Gasteiger partial charge in [-0.3, -0.25) is 0 Å². The monoisotopic (exact) mass is 164 g/mol. The van der Waals surface area contributed by atoms with Crippen LogP contribution in [-0.2, 0) is 0 Å². The van der Waals surface area contributed by atoms with Crippen LogP contribution in [0.2, 0.25) is 0 Å². The molecule has 0 heterocycles. The molecule has 0 amide bonds. The van der Waals surface area contributed by atoms with Crippen molar-refractivity contribution < 1.29 is 0 Å². The molecule has 2 atom stereocenters. The number of rotatable bonds is 1. The van der Waals surface area contributed by atoms with E-state index in [4.69, 9.17) is 11.0 Å². The van der Waals surface area contributed by atoms with Gasteiger partial charge in [0, 0.05) is 0 Å². The highest BCUT2D eigenvalue weighted by molar-refractivity contribution is 5.02. The van der Waals surface area contributed by atoms with Gasteiger partial charge in [0.25, 0.3) is 0 Å². The summed E-state index contributed by atoms with van der Waals surface area (Å²) in [4.78, 5) is 0. The van der Waals surface area contributed by atoms with E-state index in [1.807, 2.05) is 0 Å². The minimum absolute atomic E-state index is 0.206. The summed E-state index contributed by atoms with van der Waals surface area (Å²) in [5.74, 6) is 0.492. The van der Waals surface area contributed by atoms with Gasteiger partial charge in [-0.25, -0.2) is 0 Å². The Labute approximate surface area is 73.7 Å². The Balaban J connectivity index is 1.95. The highest BCUT2D eigenvalue weighted by Gasteiger charge is 2.46. The first-order valence-electron chi connectivity index (χ1n) is 4.91. The predicted molar refractivity (Wildman–Crippen MR) is 47.2 cm³/mol. The van der Waals surface area contributed by atoms with Crippen molar-refractivity contribution in [1.82, 2.24) is 0 Å². The Morgan fingerprint density at radius 3 is 2.75 bits per heavy atom. The van der Waals surface area contributed by atoms with Crippen molar-refractivity contribution in [2.75, 3.05) is 0 Å².